The van der Waals surface area contributed by atoms with E-state index >= 15 is 4.39 Å². The van der Waals surface area contributed by atoms with Crippen molar-refractivity contribution in [3.63, 3.8) is 0 Å². The van der Waals surface area contributed by atoms with Crippen molar-refractivity contribution in [2.24, 2.45) is 10.9 Å². The molecule has 0 saturated heterocycles. The molecule has 0 spiro atoms. The second kappa shape index (κ2) is 12.7. The number of carbonyl (C=O) groups excluding carboxylic acids is 3. The number of ether oxygens (including phenoxy) is 1. The Labute approximate surface area is 260 Å². The standard InChI is InChI=1S/C32H35FN8O4/c1-18-13-14-35-25(32(18,2)33)17-41(4)31(44)23-12-11-20(16-36-23)21-7-6-8-22(28(21)45-5)37-24-15-26(38-29(42)19-9-10-19)39-40-27(24)30(43)34-3/h6-8,11-15,19,36H,1,9-10,16-17H2,2-5H3,(H,34,43)(H2,37,38,39,42). The molecule has 0 radical (unpaired) electrons. The summed E-state index contributed by atoms with van der Waals surface area (Å²) in [6, 6.07) is 7.04. The summed E-state index contributed by atoms with van der Waals surface area (Å²) in [4.78, 5) is 43.6. The second-order valence-electron chi connectivity index (χ2n) is 11.1. The smallest absolute Gasteiger partial charge is 0.273 e. The number of aliphatic imine (C=N–C) groups is 1. The van der Waals surface area contributed by atoms with Crippen LogP contribution < -0.4 is 26.0 Å². The van der Waals surface area contributed by atoms with Gasteiger partial charge in [-0.25, -0.2) is 4.39 Å². The van der Waals surface area contributed by atoms with Gasteiger partial charge in [0.15, 0.2) is 17.2 Å². The number of aromatic nitrogens is 2. The van der Waals surface area contributed by atoms with Crippen LogP contribution in [0.25, 0.3) is 5.57 Å². The molecular weight excluding hydrogens is 579 g/mol. The molecular formula is C32H35FN8O4. The Morgan fingerprint density at radius 2 is 1.98 bits per heavy atom. The number of anilines is 3. The highest BCUT2D eigenvalue weighted by Gasteiger charge is 2.35. The summed E-state index contributed by atoms with van der Waals surface area (Å²) in [6.45, 7) is 5.44. The number of alkyl halides is 1. The van der Waals surface area contributed by atoms with E-state index in [-0.39, 0.29) is 47.1 Å². The van der Waals surface area contributed by atoms with E-state index in [1.807, 2.05) is 18.2 Å². The van der Waals surface area contributed by atoms with Gasteiger partial charge < -0.3 is 30.9 Å². The Morgan fingerprint density at radius 3 is 2.64 bits per heavy atom. The van der Waals surface area contributed by atoms with E-state index in [2.05, 4.69) is 43.0 Å². The molecule has 0 bridgehead atoms. The summed E-state index contributed by atoms with van der Waals surface area (Å²) in [5.41, 5.74) is 1.48. The van der Waals surface area contributed by atoms with Crippen molar-refractivity contribution < 1.29 is 23.5 Å². The molecule has 234 valence electrons. The van der Waals surface area contributed by atoms with Crippen molar-refractivity contribution in [3.8, 4) is 5.75 Å². The Hall–Kier alpha value is -5.33. The molecule has 1 atom stereocenters. The number of amides is 3. The van der Waals surface area contributed by atoms with Crippen molar-refractivity contribution in [3.05, 3.63) is 77.8 Å². The number of benzene rings is 1. The van der Waals surface area contributed by atoms with Gasteiger partial charge in [0.2, 0.25) is 5.91 Å². The van der Waals surface area contributed by atoms with Crippen LogP contribution in [0.5, 0.6) is 5.75 Å². The molecule has 2 aliphatic heterocycles. The fourth-order valence-electron chi connectivity index (χ4n) is 4.86. The lowest BCUT2D eigenvalue weighted by atomic mass is 9.91. The molecule has 1 aromatic heterocycles. The topological polar surface area (TPSA) is 150 Å². The first kappa shape index (κ1) is 31.1. The number of rotatable bonds is 10. The van der Waals surface area contributed by atoms with Crippen LogP contribution in [0.15, 0.2) is 71.5 Å². The summed E-state index contributed by atoms with van der Waals surface area (Å²) in [5.74, 6) is -0.237. The molecule has 3 amide bonds. The molecule has 12 nitrogen and oxygen atoms in total. The van der Waals surface area contributed by atoms with Gasteiger partial charge in [0.1, 0.15) is 11.4 Å². The fraction of sp³-hybridized carbons (Fsp3) is 0.312. The third-order valence-electron chi connectivity index (χ3n) is 7.81. The van der Waals surface area contributed by atoms with Crippen LogP contribution in [0.4, 0.5) is 21.6 Å². The van der Waals surface area contributed by atoms with Crippen molar-refractivity contribution in [2.45, 2.75) is 25.4 Å². The zero-order valence-corrected chi connectivity index (χ0v) is 25.5. The lowest BCUT2D eigenvalue weighted by Crippen LogP contribution is -2.44. The molecule has 1 fully saturated rings. The van der Waals surface area contributed by atoms with E-state index < -0.39 is 11.6 Å². The predicted octanol–water partition coefficient (Wildman–Crippen LogP) is 3.52. The monoisotopic (exact) mass is 614 g/mol. The van der Waals surface area contributed by atoms with Crippen LogP contribution in [0.2, 0.25) is 0 Å². The van der Waals surface area contributed by atoms with Gasteiger partial charge in [0.05, 0.1) is 30.7 Å². The summed E-state index contributed by atoms with van der Waals surface area (Å²) in [6.07, 6.45) is 8.15. The van der Waals surface area contributed by atoms with Crippen LogP contribution in [-0.2, 0) is 9.59 Å². The van der Waals surface area contributed by atoms with Crippen molar-refractivity contribution in [2.75, 3.05) is 44.9 Å². The number of methoxy groups -OCH3 is 1. The Balaban J connectivity index is 1.37. The van der Waals surface area contributed by atoms with Gasteiger partial charge in [-0.1, -0.05) is 24.8 Å². The molecule has 2 aromatic rings. The van der Waals surface area contributed by atoms with Crippen LogP contribution in [-0.4, -0.2) is 78.5 Å². The minimum Gasteiger partial charge on any atom is -0.494 e. The van der Waals surface area contributed by atoms with E-state index in [0.29, 0.717) is 29.4 Å². The molecule has 1 saturated carbocycles. The molecule has 13 heteroatoms. The molecule has 3 aliphatic rings. The maximum atomic E-state index is 15.1. The summed E-state index contributed by atoms with van der Waals surface area (Å²) >= 11 is 0. The normalized spacial score (nSPS) is 19.0. The van der Waals surface area contributed by atoms with Crippen LogP contribution in [0.1, 0.15) is 35.8 Å². The summed E-state index contributed by atoms with van der Waals surface area (Å²) < 4.78 is 20.9. The number of carbonyl (C=O) groups is 3. The molecule has 45 heavy (non-hydrogen) atoms. The van der Waals surface area contributed by atoms with Gasteiger partial charge in [-0.05, 0) is 49.1 Å². The zero-order valence-electron chi connectivity index (χ0n) is 25.5. The van der Waals surface area contributed by atoms with E-state index in [1.54, 1.807) is 25.3 Å². The number of nitrogens with zero attached hydrogens (tertiary/aromatic N) is 4. The number of dihydropyridines is 1. The summed E-state index contributed by atoms with van der Waals surface area (Å²) in [5, 5.41) is 19.7. The third kappa shape index (κ3) is 6.61. The highest BCUT2D eigenvalue weighted by Crippen LogP contribution is 2.37. The van der Waals surface area contributed by atoms with Gasteiger partial charge in [0, 0.05) is 44.4 Å². The first-order valence-electron chi connectivity index (χ1n) is 14.4. The van der Waals surface area contributed by atoms with Gasteiger partial charge in [-0.3, -0.25) is 19.4 Å². The van der Waals surface area contributed by atoms with E-state index in [1.165, 1.54) is 38.3 Å². The van der Waals surface area contributed by atoms with Crippen LogP contribution >= 0.6 is 0 Å². The third-order valence-corrected chi connectivity index (χ3v) is 7.81. The number of para-hydroxylation sites is 1. The molecule has 1 aliphatic carbocycles. The molecule has 1 aromatic carbocycles. The number of likely N-dealkylation sites (N-methyl/N-ethyl adjacent to an activating group) is 1. The first-order valence-corrected chi connectivity index (χ1v) is 14.4. The maximum Gasteiger partial charge on any atom is 0.273 e. The van der Waals surface area contributed by atoms with Gasteiger partial charge >= 0.3 is 0 Å². The fourth-order valence-corrected chi connectivity index (χ4v) is 4.86. The lowest BCUT2D eigenvalue weighted by Gasteiger charge is -2.29. The largest absolute Gasteiger partial charge is 0.494 e. The molecule has 1 unspecified atom stereocenters. The van der Waals surface area contributed by atoms with E-state index in [0.717, 1.165) is 24.0 Å². The van der Waals surface area contributed by atoms with Crippen molar-refractivity contribution in [1.82, 2.24) is 25.7 Å². The maximum absolute atomic E-state index is 15.1. The van der Waals surface area contributed by atoms with E-state index in [4.69, 9.17) is 4.74 Å². The Kier molecular flexibility index (Phi) is 8.80. The Bertz CT molecular complexity index is 1690. The highest BCUT2D eigenvalue weighted by atomic mass is 19.1. The van der Waals surface area contributed by atoms with Gasteiger partial charge in [0.25, 0.3) is 11.8 Å². The molecule has 5 rings (SSSR count). The number of halogens is 1. The first-order chi connectivity index (χ1) is 21.5. The lowest BCUT2D eigenvalue weighted by molar-refractivity contribution is -0.125. The van der Waals surface area contributed by atoms with E-state index in [9.17, 15) is 14.4 Å². The number of nitrogens with one attached hydrogen (secondary N) is 4. The second-order valence-corrected chi connectivity index (χ2v) is 11.1. The van der Waals surface area contributed by atoms with Gasteiger partial charge in [-0.15, -0.1) is 10.2 Å². The quantitative estimate of drug-likeness (QED) is 0.318. The minimum absolute atomic E-state index is 0.000202. The molecule has 3 heterocycles. The SMILES string of the molecule is C=C1C=CN=C(CN(C)C(=O)C2=CC=C(c3cccc(Nc4cc(NC(=O)C5CC5)nnc4C(=O)NC)c3OC)CN2)C1(C)F. The zero-order chi connectivity index (χ0) is 32.3. The number of hydrogen-bond acceptors (Lipinski definition) is 9. The van der Waals surface area contributed by atoms with Crippen LogP contribution in [0.3, 0.4) is 0 Å². The van der Waals surface area contributed by atoms with Crippen LogP contribution in [0, 0.1) is 5.92 Å². The van der Waals surface area contributed by atoms with Gasteiger partial charge in [-0.2, -0.15) is 0 Å². The Morgan fingerprint density at radius 1 is 1.20 bits per heavy atom. The highest BCUT2D eigenvalue weighted by molar-refractivity contribution is 6.03. The molecule has 4 N–H and O–H groups in total. The minimum atomic E-state index is -1.83. The number of allylic oxidation sites excluding steroid dienone is 4. The number of hydrogen-bond donors (Lipinski definition) is 4. The predicted molar refractivity (Wildman–Crippen MR) is 170 cm³/mol. The van der Waals surface area contributed by atoms with Crippen molar-refractivity contribution in [1.29, 1.82) is 0 Å². The summed E-state index contributed by atoms with van der Waals surface area (Å²) in [7, 11) is 4.61. The average Bonchev–Trinajstić information content (AvgIpc) is 3.89. The average molecular weight is 615 g/mol. The van der Waals surface area contributed by atoms with Crippen molar-refractivity contribution >= 4 is 46.2 Å².